The van der Waals surface area contributed by atoms with Crippen molar-refractivity contribution in [3.63, 3.8) is 0 Å². The van der Waals surface area contributed by atoms with Gasteiger partial charge < -0.3 is 24.8 Å². The predicted octanol–water partition coefficient (Wildman–Crippen LogP) is -3.44. The van der Waals surface area contributed by atoms with Crippen molar-refractivity contribution in [1.82, 2.24) is 69.2 Å². The molecule has 0 unspecified atom stereocenters. The highest BCUT2D eigenvalue weighted by Gasteiger charge is 2.29. The number of aryl methyl sites for hydroxylation is 3. The summed E-state index contributed by atoms with van der Waals surface area (Å²) in [5.74, 6) is -3.27. The first-order chi connectivity index (χ1) is 29.1. The smallest absolute Gasteiger partial charge is 0.367 e. The monoisotopic (exact) mass is 912 g/mol. The van der Waals surface area contributed by atoms with Crippen LogP contribution >= 0.6 is 0 Å². The molecule has 0 bridgehead atoms. The van der Waals surface area contributed by atoms with Crippen molar-refractivity contribution in [1.29, 1.82) is 0 Å². The first kappa shape index (κ1) is 58.0. The molecule has 0 saturated carbocycles. The predicted molar refractivity (Wildman–Crippen MR) is 217 cm³/mol. The van der Waals surface area contributed by atoms with E-state index in [1.54, 1.807) is 20.8 Å². The molecule has 3 aromatic rings. The molecule has 2 aliphatic rings. The second-order valence-corrected chi connectivity index (χ2v) is 12.7. The zero-order valence-corrected chi connectivity index (χ0v) is 34.1. The van der Waals surface area contributed by atoms with Crippen molar-refractivity contribution < 1.29 is 63.1 Å². The number of tetrazole rings is 3. The molecule has 2 aliphatic heterocycles. The highest BCUT2D eigenvalue weighted by molar-refractivity contribution is 6.02. The molecule has 0 aromatic carbocycles. The fourth-order valence-corrected chi connectivity index (χ4v) is 4.13. The third kappa shape index (κ3) is 20.5. The van der Waals surface area contributed by atoms with Crippen LogP contribution < -0.4 is 17.1 Å². The van der Waals surface area contributed by atoms with Crippen LogP contribution in [0.4, 0.5) is 0 Å². The van der Waals surface area contributed by atoms with Gasteiger partial charge in [0, 0.05) is 83.7 Å². The number of carboxylic acids is 1. The molecule has 2 saturated heterocycles. The Morgan fingerprint density at radius 1 is 0.609 bits per heavy atom. The number of carboxylic acid groups (broad SMARTS) is 2. The lowest BCUT2D eigenvalue weighted by atomic mass is 10.2. The Labute approximate surface area is 362 Å². The Hall–Kier alpha value is -8.05. The van der Waals surface area contributed by atoms with E-state index in [0.717, 1.165) is 68.5 Å². The number of aromatic nitrogens is 12. The molecule has 0 aliphatic carbocycles. The maximum absolute atomic E-state index is 11.4. The molecule has 30 nitrogen and oxygen atoms in total. The fraction of sp³-hybridized carbons (Fsp3) is 0.500. The summed E-state index contributed by atoms with van der Waals surface area (Å²) in [6.45, 7) is 4.96. The number of carbonyl (C=O) groups is 8. The zero-order valence-electron chi connectivity index (χ0n) is 34.1. The van der Waals surface area contributed by atoms with Crippen LogP contribution in [0.15, 0.2) is 32.6 Å². The number of esters is 2. The number of hydrogen-bond acceptors (Lipinski definition) is 20. The van der Waals surface area contributed by atoms with E-state index in [9.17, 15) is 47.9 Å². The molecular formula is C34H52N14O16. The Morgan fingerprint density at radius 2 is 0.938 bits per heavy atom. The number of nitrogens with zero attached hydrogens (tertiary/aromatic N) is 14. The van der Waals surface area contributed by atoms with Gasteiger partial charge in [0.05, 0.1) is 19.7 Å². The molecule has 5 rings (SSSR count). The Morgan fingerprint density at radius 3 is 1.23 bits per heavy atom. The Balaban J connectivity index is 0. The lowest BCUT2D eigenvalue weighted by molar-refractivity contribution is -0.148. The minimum atomic E-state index is -1.15. The maximum atomic E-state index is 11.4. The van der Waals surface area contributed by atoms with Crippen LogP contribution in [0.1, 0.15) is 61.3 Å². The van der Waals surface area contributed by atoms with Gasteiger partial charge in [-0.1, -0.05) is 14.9 Å². The van der Waals surface area contributed by atoms with Crippen molar-refractivity contribution in [3.05, 3.63) is 49.7 Å². The lowest BCUT2D eigenvalue weighted by Crippen LogP contribution is -2.32. The summed E-state index contributed by atoms with van der Waals surface area (Å²) in [6.07, 6.45) is 7.29. The summed E-state index contributed by atoms with van der Waals surface area (Å²) in [4.78, 5) is 121. The minimum absolute atomic E-state index is 0. The Bertz CT molecular complexity index is 2290. The molecule has 0 spiro atoms. The van der Waals surface area contributed by atoms with Crippen LogP contribution in [-0.2, 0) is 69.0 Å². The van der Waals surface area contributed by atoms with Crippen LogP contribution in [0, 0.1) is 0 Å². The molecular weight excluding hydrogens is 860 g/mol. The number of aliphatic hydroxyl groups excluding tert-OH is 1. The van der Waals surface area contributed by atoms with E-state index < -0.39 is 40.6 Å². The minimum Gasteiger partial charge on any atom is -0.483 e. The molecule has 30 heteroatoms. The van der Waals surface area contributed by atoms with Gasteiger partial charge in [-0.2, -0.15) is 28.1 Å². The average molecular weight is 913 g/mol. The van der Waals surface area contributed by atoms with Gasteiger partial charge in [0.15, 0.2) is 0 Å². The highest BCUT2D eigenvalue weighted by Crippen LogP contribution is 2.11. The third-order valence-corrected chi connectivity index (χ3v) is 6.89. The number of β-amino-alcohol motifs (C(OH)–C–C–N with tert-alkyl or cyclic N) is 1. The first-order valence-corrected chi connectivity index (χ1v) is 17.5. The van der Waals surface area contributed by atoms with Crippen molar-refractivity contribution >= 4 is 66.6 Å². The van der Waals surface area contributed by atoms with Crippen LogP contribution in [0.2, 0.25) is 0 Å². The molecule has 0 radical (unpaired) electrons. The van der Waals surface area contributed by atoms with Gasteiger partial charge in [-0.25, -0.2) is 28.8 Å². The van der Waals surface area contributed by atoms with Crippen LogP contribution in [0.3, 0.4) is 0 Å². The van der Waals surface area contributed by atoms with Gasteiger partial charge in [-0.3, -0.25) is 33.8 Å². The topological polar surface area (TPSA) is 380 Å². The highest BCUT2D eigenvalue weighted by atomic mass is 16.6. The summed E-state index contributed by atoms with van der Waals surface area (Å²) in [5, 5.41) is 44.2. The van der Waals surface area contributed by atoms with Crippen molar-refractivity contribution in [3.8, 4) is 0 Å². The molecule has 5 heterocycles. The number of hydrogen-bond donors (Lipinski definition) is 3. The van der Waals surface area contributed by atoms with Crippen LogP contribution in [-0.4, -0.2) is 164 Å². The molecule has 2 fully saturated rings. The lowest BCUT2D eigenvalue weighted by Gasteiger charge is -2.17. The second kappa shape index (κ2) is 28.5. The molecule has 4 amide bonds. The van der Waals surface area contributed by atoms with Crippen LogP contribution in [0.25, 0.3) is 18.6 Å². The molecule has 3 aromatic heterocycles. The van der Waals surface area contributed by atoms with Gasteiger partial charge in [0.25, 0.3) is 6.47 Å². The van der Waals surface area contributed by atoms with Gasteiger partial charge in [-0.15, -0.1) is 0 Å². The standard InChI is InChI=1S/C11H13N5O5.C9H14N4O3.C6H9NO3.C5H6N4O3.CH2O2.2CH4/c1-14-11(20)16(13-12-14)5-4-10(19)21-7-6-15-8(17)2-3-9(15)18;1-9(2,3)16-7(14)5-6-13-8(15)12(4)10-11-13;8-4-3-7-5(9)1-2-6(7)10;1-8-5(12)9(7-6-8)3-2-4(10)11;2-1-3;;/h4-5H,2-3,6-7H2,1H3;5-6H,1-4H3;8H,1-4H2;2-3H,1H3,(H,10,11);1H,(H,2,3);2*1H4/b5-4+;6-5+;;3-2+;;;. The zero-order chi connectivity index (χ0) is 47.2. The molecule has 64 heavy (non-hydrogen) atoms. The largest absolute Gasteiger partial charge is 0.483 e. The number of rotatable bonds is 11. The van der Waals surface area contributed by atoms with E-state index >= 15 is 0 Å². The number of imide groups is 2. The number of likely N-dealkylation sites (tertiary alicyclic amines) is 2. The number of aliphatic carboxylic acids is 1. The van der Waals surface area contributed by atoms with E-state index in [2.05, 4.69) is 31.3 Å². The van der Waals surface area contributed by atoms with Crippen molar-refractivity contribution in [2.24, 2.45) is 21.1 Å². The second-order valence-electron chi connectivity index (χ2n) is 12.7. The molecule has 3 N–H and O–H groups in total. The van der Waals surface area contributed by atoms with E-state index in [0.29, 0.717) is 12.8 Å². The van der Waals surface area contributed by atoms with E-state index in [-0.39, 0.29) is 84.1 Å². The number of carbonyl (C=O) groups excluding carboxylic acids is 6. The summed E-state index contributed by atoms with van der Waals surface area (Å²) < 4.78 is 15.5. The quantitative estimate of drug-likeness (QED) is 0.0729. The third-order valence-electron chi connectivity index (χ3n) is 6.89. The van der Waals surface area contributed by atoms with Gasteiger partial charge in [0.1, 0.15) is 12.2 Å². The van der Waals surface area contributed by atoms with E-state index in [1.807, 2.05) is 0 Å². The summed E-state index contributed by atoms with van der Waals surface area (Å²) in [6, 6.07) is 0. The summed E-state index contributed by atoms with van der Waals surface area (Å²) >= 11 is 0. The van der Waals surface area contributed by atoms with Gasteiger partial charge in [0.2, 0.25) is 23.6 Å². The van der Waals surface area contributed by atoms with Gasteiger partial charge >= 0.3 is 35.0 Å². The number of aliphatic hydroxyl groups is 1. The van der Waals surface area contributed by atoms with Crippen molar-refractivity contribution in [2.45, 2.75) is 66.9 Å². The number of ether oxygens (including phenoxy) is 2. The Kier molecular flexibility index (Phi) is 25.8. The summed E-state index contributed by atoms with van der Waals surface area (Å²) in [7, 11) is 4.30. The SMILES string of the molecule is C.C.Cn1nnn(/C=C/C(=O)O)c1=O.Cn1nnn(/C=C/C(=O)OC(C)(C)C)c1=O.Cn1nnn(/C=C/C(=O)OCCN2C(=O)CCC2=O)c1=O.O=C1CCC(=O)N1CCO.O=CO. The van der Waals surface area contributed by atoms with E-state index in [1.165, 1.54) is 27.3 Å². The summed E-state index contributed by atoms with van der Waals surface area (Å²) in [5.41, 5.74) is -1.99. The fourth-order valence-electron chi connectivity index (χ4n) is 4.13. The molecule has 0 atom stereocenters. The first-order valence-electron chi connectivity index (χ1n) is 17.5. The normalized spacial score (nSPS) is 13.1. The average Bonchev–Trinajstić information content (AvgIpc) is 3.98. The van der Waals surface area contributed by atoms with Crippen molar-refractivity contribution in [2.75, 3.05) is 26.3 Å². The van der Waals surface area contributed by atoms with Crippen LogP contribution in [0.5, 0.6) is 0 Å². The molecule has 354 valence electrons. The van der Waals surface area contributed by atoms with E-state index in [4.69, 9.17) is 29.6 Å². The maximum Gasteiger partial charge on any atom is 0.367 e. The van der Waals surface area contributed by atoms with Gasteiger partial charge in [-0.05, 0) is 52.1 Å². The number of amides is 4.